The van der Waals surface area contributed by atoms with Crippen LogP contribution in [-0.4, -0.2) is 73.0 Å². The van der Waals surface area contributed by atoms with Crippen LogP contribution in [0.5, 0.6) is 0 Å². The highest BCUT2D eigenvalue weighted by Crippen LogP contribution is 2.40. The van der Waals surface area contributed by atoms with E-state index in [0.29, 0.717) is 49.6 Å². The van der Waals surface area contributed by atoms with Crippen LogP contribution in [0.1, 0.15) is 45.1 Å². The minimum Gasteiger partial charge on any atom is -0.370 e. The number of benzene rings is 1. The maximum Gasteiger partial charge on any atom is 0.227 e. The predicted octanol–water partition coefficient (Wildman–Crippen LogP) is 5.06. The molecule has 3 aliphatic rings. The van der Waals surface area contributed by atoms with Crippen LogP contribution in [0.2, 0.25) is 0 Å². The van der Waals surface area contributed by atoms with Crippen LogP contribution in [0.3, 0.4) is 0 Å². The summed E-state index contributed by atoms with van der Waals surface area (Å²) in [5, 5.41) is 3.25. The fourth-order valence-electron chi connectivity index (χ4n) is 7.06. The first-order chi connectivity index (χ1) is 18.9. The van der Waals surface area contributed by atoms with Gasteiger partial charge in [-0.3, -0.25) is 4.79 Å². The summed E-state index contributed by atoms with van der Waals surface area (Å²) >= 11 is 0. The Morgan fingerprint density at radius 1 is 1.05 bits per heavy atom. The zero-order valence-electron chi connectivity index (χ0n) is 23.4. The molecule has 0 spiro atoms. The minimum absolute atomic E-state index is 0.0483. The lowest BCUT2D eigenvalue weighted by Crippen LogP contribution is -2.57. The molecule has 39 heavy (non-hydrogen) atoms. The van der Waals surface area contributed by atoms with Crippen molar-refractivity contribution in [2.45, 2.75) is 46.0 Å². The zero-order chi connectivity index (χ0) is 27.4. The van der Waals surface area contributed by atoms with Crippen molar-refractivity contribution < 1.29 is 13.6 Å². The number of aromatic nitrogens is 1. The summed E-state index contributed by atoms with van der Waals surface area (Å²) < 4.78 is 27.1. The first kappa shape index (κ1) is 27.8. The van der Waals surface area contributed by atoms with E-state index in [2.05, 4.69) is 41.2 Å². The quantitative estimate of drug-likeness (QED) is 0.509. The Morgan fingerprint density at radius 2 is 1.85 bits per heavy atom. The van der Waals surface area contributed by atoms with Crippen molar-refractivity contribution in [2.75, 3.05) is 62.6 Å². The first-order valence-electron chi connectivity index (χ1n) is 14.8. The van der Waals surface area contributed by atoms with E-state index in [0.717, 1.165) is 44.8 Å². The average Bonchev–Trinajstić information content (AvgIpc) is 2.95. The Hall–Kier alpha value is -2.74. The monoisotopic (exact) mass is 539 g/mol. The van der Waals surface area contributed by atoms with Gasteiger partial charge in [0.2, 0.25) is 5.91 Å². The van der Waals surface area contributed by atoms with Gasteiger partial charge < -0.3 is 20.0 Å². The van der Waals surface area contributed by atoms with Crippen LogP contribution >= 0.6 is 0 Å². The number of nitrogens with zero attached hydrogens (tertiary/aromatic N) is 4. The average molecular weight is 540 g/mol. The van der Waals surface area contributed by atoms with Crippen molar-refractivity contribution in [1.29, 1.82) is 0 Å². The molecule has 8 heteroatoms. The molecule has 1 aromatic heterocycles. The summed E-state index contributed by atoms with van der Waals surface area (Å²) in [6.45, 7) is 10.7. The molecule has 1 aliphatic carbocycles. The molecular formula is C31H43F2N5O. The van der Waals surface area contributed by atoms with Crippen LogP contribution < -0.4 is 10.2 Å². The van der Waals surface area contributed by atoms with Gasteiger partial charge in [0.05, 0.1) is 5.92 Å². The molecule has 0 bridgehead atoms. The van der Waals surface area contributed by atoms with E-state index >= 15 is 0 Å². The Balaban J connectivity index is 1.19. The van der Waals surface area contributed by atoms with E-state index in [1.165, 1.54) is 37.0 Å². The smallest absolute Gasteiger partial charge is 0.227 e. The Morgan fingerprint density at radius 3 is 2.56 bits per heavy atom. The number of hydrogen-bond acceptors (Lipinski definition) is 5. The molecule has 0 unspecified atom stereocenters. The predicted molar refractivity (Wildman–Crippen MR) is 152 cm³/mol. The summed E-state index contributed by atoms with van der Waals surface area (Å²) in [4.78, 5) is 25.1. The van der Waals surface area contributed by atoms with E-state index in [9.17, 15) is 13.6 Å². The minimum atomic E-state index is -0.829. The number of hydrogen-bond donors (Lipinski definition) is 1. The number of anilines is 2. The van der Waals surface area contributed by atoms with Crippen molar-refractivity contribution >= 4 is 17.4 Å². The fraction of sp³-hybridized carbons (Fsp3) is 0.613. The third kappa shape index (κ3) is 6.71. The molecule has 1 N–H and O–H groups in total. The maximum atomic E-state index is 13.9. The summed E-state index contributed by atoms with van der Waals surface area (Å²) in [5.41, 5.74) is 1.93. The number of nitrogens with one attached hydrogen (secondary N) is 1. The number of piperazine rings is 1. The SMILES string of the molecule is CCNc1ccc(C[C@H](C)CN2C[C@H]3CCCC[C@@H]3[C@H](C(=O)N3CCN(c4ccc(F)c(F)c4)CC3)C2)cn1. The number of carbonyl (C=O) groups excluding carboxylic acids is 1. The standard InChI is InChI=1S/C31H43F2N5O/c1-3-34-30-11-8-23(18-35-30)16-22(2)19-36-20-24-6-4-5-7-26(24)27(21-36)31(39)38-14-12-37(13-15-38)25-9-10-28(32)29(33)17-25/h8-11,17-18,22,24,26-27H,3-7,12-16,19-21H2,1-2H3,(H,34,35)/t22-,24+,26-,27+/m0/s1. The van der Waals surface area contributed by atoms with Gasteiger partial charge in [0.25, 0.3) is 0 Å². The van der Waals surface area contributed by atoms with Gasteiger partial charge in [0.15, 0.2) is 11.6 Å². The fourth-order valence-corrected chi connectivity index (χ4v) is 7.06. The van der Waals surface area contributed by atoms with Gasteiger partial charge in [-0.2, -0.15) is 0 Å². The van der Waals surface area contributed by atoms with Gasteiger partial charge in [0.1, 0.15) is 5.82 Å². The third-order valence-corrected chi connectivity index (χ3v) is 8.95. The lowest BCUT2D eigenvalue weighted by atomic mass is 9.69. The van der Waals surface area contributed by atoms with Crippen LogP contribution in [0, 0.1) is 35.3 Å². The van der Waals surface area contributed by atoms with Crippen molar-refractivity contribution in [1.82, 2.24) is 14.8 Å². The van der Waals surface area contributed by atoms with E-state index in [-0.39, 0.29) is 11.8 Å². The summed E-state index contributed by atoms with van der Waals surface area (Å²) in [5.74, 6) is 1.15. The van der Waals surface area contributed by atoms with Crippen LogP contribution in [0.15, 0.2) is 36.5 Å². The third-order valence-electron chi connectivity index (χ3n) is 8.95. The van der Waals surface area contributed by atoms with Gasteiger partial charge in [-0.05, 0) is 67.7 Å². The van der Waals surface area contributed by atoms with Crippen LogP contribution in [-0.2, 0) is 11.2 Å². The Kier molecular flexibility index (Phi) is 9.00. The number of rotatable bonds is 8. The molecule has 2 saturated heterocycles. The molecule has 0 radical (unpaired) electrons. The van der Waals surface area contributed by atoms with Gasteiger partial charge >= 0.3 is 0 Å². The topological polar surface area (TPSA) is 51.7 Å². The molecule has 1 saturated carbocycles. The molecule has 3 fully saturated rings. The molecule has 2 aromatic rings. The Bertz CT molecular complexity index is 1100. The number of carbonyl (C=O) groups is 1. The van der Waals surface area contributed by atoms with Crippen molar-refractivity contribution in [3.8, 4) is 0 Å². The molecule has 212 valence electrons. The summed E-state index contributed by atoms with van der Waals surface area (Å²) in [6.07, 6.45) is 7.83. The highest BCUT2D eigenvalue weighted by Gasteiger charge is 2.43. The van der Waals surface area contributed by atoms with Gasteiger partial charge in [-0.1, -0.05) is 25.8 Å². The Labute approximate surface area is 231 Å². The molecule has 5 rings (SSSR count). The number of fused-ring (bicyclic) bond motifs is 1. The van der Waals surface area contributed by atoms with E-state index < -0.39 is 11.6 Å². The number of likely N-dealkylation sites (tertiary alicyclic amines) is 1. The van der Waals surface area contributed by atoms with Crippen molar-refractivity contribution in [2.24, 2.45) is 23.7 Å². The normalized spacial score (nSPS) is 24.8. The highest BCUT2D eigenvalue weighted by molar-refractivity contribution is 5.80. The highest BCUT2D eigenvalue weighted by atomic mass is 19.2. The number of halogens is 2. The number of piperidine rings is 1. The van der Waals surface area contributed by atoms with Crippen molar-refractivity contribution in [3.05, 3.63) is 53.7 Å². The summed E-state index contributed by atoms with van der Waals surface area (Å²) in [6, 6.07) is 8.28. The second kappa shape index (κ2) is 12.6. The molecule has 1 aromatic carbocycles. The molecule has 3 heterocycles. The molecule has 2 aliphatic heterocycles. The van der Waals surface area contributed by atoms with E-state index in [1.807, 2.05) is 16.0 Å². The lowest BCUT2D eigenvalue weighted by Gasteiger charge is -2.48. The number of amides is 1. The molecule has 1 amide bonds. The maximum absolute atomic E-state index is 13.9. The molecule has 6 nitrogen and oxygen atoms in total. The second-order valence-corrected chi connectivity index (χ2v) is 11.8. The first-order valence-corrected chi connectivity index (χ1v) is 14.8. The van der Waals surface area contributed by atoms with Gasteiger partial charge in [-0.15, -0.1) is 0 Å². The van der Waals surface area contributed by atoms with Crippen molar-refractivity contribution in [3.63, 3.8) is 0 Å². The summed E-state index contributed by atoms with van der Waals surface area (Å²) in [7, 11) is 0. The van der Waals surface area contributed by atoms with Crippen LogP contribution in [0.25, 0.3) is 0 Å². The second-order valence-electron chi connectivity index (χ2n) is 11.8. The van der Waals surface area contributed by atoms with E-state index in [1.54, 1.807) is 6.07 Å². The molecular weight excluding hydrogens is 496 g/mol. The largest absolute Gasteiger partial charge is 0.370 e. The van der Waals surface area contributed by atoms with Gasteiger partial charge in [0, 0.05) is 70.3 Å². The van der Waals surface area contributed by atoms with Crippen LogP contribution in [0.4, 0.5) is 20.3 Å². The molecule has 4 atom stereocenters. The lowest BCUT2D eigenvalue weighted by molar-refractivity contribution is -0.142. The van der Waals surface area contributed by atoms with E-state index in [4.69, 9.17) is 0 Å². The number of pyridine rings is 1. The zero-order valence-corrected chi connectivity index (χ0v) is 23.4. The van der Waals surface area contributed by atoms with Gasteiger partial charge in [-0.25, -0.2) is 13.8 Å².